The van der Waals surface area contributed by atoms with Crippen LogP contribution in [0.2, 0.25) is 0 Å². The fourth-order valence-corrected chi connectivity index (χ4v) is 4.21. The molecule has 0 spiro atoms. The Morgan fingerprint density at radius 3 is 2.79 bits per heavy atom. The number of carbonyl (C=O) groups is 1. The Kier molecular flexibility index (Phi) is 7.39. The largest absolute Gasteiger partial charge is 0.493 e. The van der Waals surface area contributed by atoms with Gasteiger partial charge in [0.25, 0.3) is 0 Å². The molecule has 0 saturated heterocycles. The van der Waals surface area contributed by atoms with E-state index in [1.54, 1.807) is 17.0 Å². The lowest BCUT2D eigenvalue weighted by Gasteiger charge is -2.21. The minimum absolute atomic E-state index is 0.0816. The molecule has 152 valence electrons. The fourth-order valence-electron chi connectivity index (χ4n) is 2.95. The summed E-state index contributed by atoms with van der Waals surface area (Å²) in [5.74, 6) is 0.382. The van der Waals surface area contributed by atoms with Gasteiger partial charge in [0.2, 0.25) is 5.91 Å². The number of thiazole rings is 1. The third-order valence-electron chi connectivity index (χ3n) is 4.40. The number of aromatic nitrogens is 1. The Hall–Kier alpha value is -2.25. The summed E-state index contributed by atoms with van der Waals surface area (Å²) in [6.45, 7) is 5.12. The molecule has 0 aliphatic carbocycles. The molecule has 0 aliphatic rings. The van der Waals surface area contributed by atoms with Crippen LogP contribution in [0.4, 0.5) is 4.39 Å². The standard InChI is InChI=1S/C22H22BrFN2O2S/c1-3-26(13-15-11-16(23)9-10-19(15)24)21(27)12-17-14-29-22(25-17)18-7-5-6-8-20(18)28-4-2/h5-11,14H,3-4,12-13H2,1-2H3. The van der Waals surface area contributed by atoms with Crippen LogP contribution in [0.1, 0.15) is 25.1 Å². The minimum Gasteiger partial charge on any atom is -0.493 e. The van der Waals surface area contributed by atoms with Crippen molar-refractivity contribution < 1.29 is 13.9 Å². The van der Waals surface area contributed by atoms with Crippen molar-refractivity contribution in [2.75, 3.05) is 13.2 Å². The van der Waals surface area contributed by atoms with Gasteiger partial charge < -0.3 is 9.64 Å². The first-order valence-electron chi connectivity index (χ1n) is 9.40. The first kappa shape index (κ1) is 21.5. The third kappa shape index (κ3) is 5.42. The summed E-state index contributed by atoms with van der Waals surface area (Å²) < 4.78 is 20.5. The fraction of sp³-hybridized carbons (Fsp3) is 0.273. The lowest BCUT2D eigenvalue weighted by atomic mass is 10.2. The Morgan fingerprint density at radius 1 is 1.24 bits per heavy atom. The molecule has 7 heteroatoms. The lowest BCUT2D eigenvalue weighted by molar-refractivity contribution is -0.130. The van der Waals surface area contributed by atoms with Gasteiger partial charge in [-0.1, -0.05) is 28.1 Å². The van der Waals surface area contributed by atoms with E-state index in [-0.39, 0.29) is 24.7 Å². The van der Waals surface area contributed by atoms with Crippen LogP contribution >= 0.6 is 27.3 Å². The van der Waals surface area contributed by atoms with Gasteiger partial charge in [0.15, 0.2) is 0 Å². The highest BCUT2D eigenvalue weighted by atomic mass is 79.9. The molecule has 1 amide bonds. The van der Waals surface area contributed by atoms with Gasteiger partial charge >= 0.3 is 0 Å². The number of hydrogen-bond donors (Lipinski definition) is 0. The van der Waals surface area contributed by atoms with Gasteiger partial charge in [-0.05, 0) is 44.2 Å². The van der Waals surface area contributed by atoms with Crippen molar-refractivity contribution in [3.63, 3.8) is 0 Å². The number of likely N-dealkylation sites (N-methyl/N-ethyl adjacent to an activating group) is 1. The van der Waals surface area contributed by atoms with E-state index in [0.29, 0.717) is 24.4 Å². The van der Waals surface area contributed by atoms with E-state index >= 15 is 0 Å². The molecule has 0 fully saturated rings. The maximum absolute atomic E-state index is 14.1. The quantitative estimate of drug-likeness (QED) is 0.418. The van der Waals surface area contributed by atoms with E-state index in [2.05, 4.69) is 20.9 Å². The number of halogens is 2. The number of rotatable bonds is 8. The molecular weight excluding hydrogens is 455 g/mol. The number of ether oxygens (including phenoxy) is 1. The first-order chi connectivity index (χ1) is 14.0. The van der Waals surface area contributed by atoms with Crippen molar-refractivity contribution in [1.29, 1.82) is 0 Å². The summed E-state index contributed by atoms with van der Waals surface area (Å²) >= 11 is 4.84. The molecular formula is C22H22BrFN2O2S. The highest BCUT2D eigenvalue weighted by molar-refractivity contribution is 9.10. The zero-order valence-corrected chi connectivity index (χ0v) is 18.7. The highest BCUT2D eigenvalue weighted by Gasteiger charge is 2.18. The number of benzene rings is 2. The van der Waals surface area contributed by atoms with Gasteiger partial charge in [0.1, 0.15) is 16.6 Å². The van der Waals surface area contributed by atoms with E-state index in [4.69, 9.17) is 4.74 Å². The van der Waals surface area contributed by atoms with Crippen LogP contribution in [0.5, 0.6) is 5.75 Å². The molecule has 0 radical (unpaired) electrons. The van der Waals surface area contributed by atoms with E-state index in [9.17, 15) is 9.18 Å². The molecule has 0 N–H and O–H groups in total. The molecule has 0 aliphatic heterocycles. The van der Waals surface area contributed by atoms with E-state index in [1.807, 2.05) is 43.5 Å². The van der Waals surface area contributed by atoms with Crippen LogP contribution in [0, 0.1) is 5.82 Å². The van der Waals surface area contributed by atoms with Crippen molar-refractivity contribution in [2.24, 2.45) is 0 Å². The average Bonchev–Trinajstić information content (AvgIpc) is 3.17. The zero-order valence-electron chi connectivity index (χ0n) is 16.3. The Morgan fingerprint density at radius 2 is 2.03 bits per heavy atom. The van der Waals surface area contributed by atoms with Gasteiger partial charge in [-0.2, -0.15) is 0 Å². The Balaban J connectivity index is 1.73. The number of hydrogen-bond acceptors (Lipinski definition) is 4. The Labute approximate surface area is 182 Å². The number of para-hydroxylation sites is 1. The minimum atomic E-state index is -0.317. The monoisotopic (exact) mass is 476 g/mol. The Bertz CT molecular complexity index is 992. The molecule has 29 heavy (non-hydrogen) atoms. The molecule has 0 atom stereocenters. The van der Waals surface area contributed by atoms with Crippen molar-refractivity contribution in [3.8, 4) is 16.3 Å². The van der Waals surface area contributed by atoms with E-state index in [0.717, 1.165) is 20.8 Å². The second kappa shape index (κ2) is 9.98. The predicted octanol–water partition coefficient (Wildman–Crippen LogP) is 5.70. The van der Waals surface area contributed by atoms with Gasteiger partial charge in [-0.15, -0.1) is 11.3 Å². The van der Waals surface area contributed by atoms with Gasteiger partial charge in [0, 0.05) is 28.5 Å². The SMILES string of the molecule is CCOc1ccccc1-c1nc(CC(=O)N(CC)Cc2cc(Br)ccc2F)cs1. The molecule has 2 aromatic carbocycles. The topological polar surface area (TPSA) is 42.4 Å². The summed E-state index contributed by atoms with van der Waals surface area (Å²) in [4.78, 5) is 19.1. The highest BCUT2D eigenvalue weighted by Crippen LogP contribution is 2.32. The smallest absolute Gasteiger partial charge is 0.228 e. The van der Waals surface area contributed by atoms with Crippen molar-refractivity contribution in [1.82, 2.24) is 9.88 Å². The molecule has 3 aromatic rings. The molecule has 0 saturated carbocycles. The third-order valence-corrected chi connectivity index (χ3v) is 5.82. The number of amides is 1. The molecule has 3 rings (SSSR count). The predicted molar refractivity (Wildman–Crippen MR) is 118 cm³/mol. The van der Waals surface area contributed by atoms with Crippen LogP contribution in [-0.2, 0) is 17.8 Å². The van der Waals surface area contributed by atoms with Crippen LogP contribution in [0.3, 0.4) is 0 Å². The average molecular weight is 477 g/mol. The number of carbonyl (C=O) groups excluding carboxylic acids is 1. The van der Waals surface area contributed by atoms with Crippen LogP contribution < -0.4 is 4.74 Å². The van der Waals surface area contributed by atoms with Crippen LogP contribution in [0.25, 0.3) is 10.6 Å². The van der Waals surface area contributed by atoms with Crippen LogP contribution in [-0.4, -0.2) is 28.9 Å². The second-order valence-corrected chi connectivity index (χ2v) is 8.17. The van der Waals surface area contributed by atoms with E-state index < -0.39 is 0 Å². The lowest BCUT2D eigenvalue weighted by Crippen LogP contribution is -2.32. The van der Waals surface area contributed by atoms with Crippen LogP contribution in [0.15, 0.2) is 52.3 Å². The first-order valence-corrected chi connectivity index (χ1v) is 11.1. The maximum Gasteiger partial charge on any atom is 0.228 e. The van der Waals surface area contributed by atoms with Gasteiger partial charge in [0.05, 0.1) is 24.3 Å². The normalized spacial score (nSPS) is 10.8. The van der Waals surface area contributed by atoms with Crippen molar-refractivity contribution >= 4 is 33.2 Å². The molecule has 1 aromatic heterocycles. The molecule has 0 unspecified atom stereocenters. The maximum atomic E-state index is 14.1. The molecule has 1 heterocycles. The van der Waals surface area contributed by atoms with Gasteiger partial charge in [-0.3, -0.25) is 4.79 Å². The van der Waals surface area contributed by atoms with Gasteiger partial charge in [-0.25, -0.2) is 9.37 Å². The molecule has 4 nitrogen and oxygen atoms in total. The molecule has 0 bridgehead atoms. The summed E-state index contributed by atoms with van der Waals surface area (Å²) in [6.07, 6.45) is 0.177. The summed E-state index contributed by atoms with van der Waals surface area (Å²) in [5, 5.41) is 2.71. The zero-order chi connectivity index (χ0) is 20.8. The van der Waals surface area contributed by atoms with Crippen molar-refractivity contribution in [3.05, 3.63) is 69.4 Å². The van der Waals surface area contributed by atoms with E-state index in [1.165, 1.54) is 17.4 Å². The second-order valence-electron chi connectivity index (χ2n) is 6.39. The summed E-state index contributed by atoms with van der Waals surface area (Å²) in [7, 11) is 0. The summed E-state index contributed by atoms with van der Waals surface area (Å²) in [5.41, 5.74) is 2.11. The van der Waals surface area contributed by atoms with Crippen molar-refractivity contribution in [2.45, 2.75) is 26.8 Å². The summed E-state index contributed by atoms with van der Waals surface area (Å²) in [6, 6.07) is 12.5. The number of nitrogens with zero attached hydrogens (tertiary/aromatic N) is 2.